The van der Waals surface area contributed by atoms with Crippen molar-refractivity contribution in [2.45, 2.75) is 40.7 Å². The number of hydrogen-bond donors (Lipinski definition) is 0. The molecule has 1 aromatic rings. The molecule has 17 heavy (non-hydrogen) atoms. The topological polar surface area (TPSA) is 12.5 Å². The summed E-state index contributed by atoms with van der Waals surface area (Å²) in [5, 5.41) is 0. The van der Waals surface area contributed by atoms with Crippen LogP contribution in [0, 0.1) is 0 Å². The third-order valence-corrected chi connectivity index (χ3v) is 3.03. The zero-order chi connectivity index (χ0) is 12.7. The summed E-state index contributed by atoms with van der Waals surface area (Å²) in [6, 6.07) is 6.50. The predicted octanol–water partition coefficient (Wildman–Crippen LogP) is 3.49. The largest absolute Gasteiger partial charge is 0.494 e. The maximum absolute atomic E-state index is 5.52. The van der Waals surface area contributed by atoms with Crippen LogP contribution in [0.15, 0.2) is 18.2 Å². The van der Waals surface area contributed by atoms with Crippen LogP contribution in [0.3, 0.4) is 0 Å². The molecule has 0 atom stereocenters. The van der Waals surface area contributed by atoms with Gasteiger partial charge in [-0.05, 0) is 43.1 Å². The summed E-state index contributed by atoms with van der Waals surface area (Å²) in [5.74, 6) is 1.01. The van der Waals surface area contributed by atoms with Crippen LogP contribution >= 0.6 is 0 Å². The lowest BCUT2D eigenvalue weighted by Crippen LogP contribution is -2.30. The minimum absolute atomic E-state index is 0.746. The number of benzene rings is 1. The van der Waals surface area contributed by atoms with E-state index < -0.39 is 0 Å². The minimum Gasteiger partial charge on any atom is -0.494 e. The first-order valence-electron chi connectivity index (χ1n) is 6.80. The van der Waals surface area contributed by atoms with Gasteiger partial charge in [0.2, 0.25) is 0 Å². The average Bonchev–Trinajstić information content (AvgIpc) is 2.40. The molecule has 0 bridgehead atoms. The lowest BCUT2D eigenvalue weighted by Gasteiger charge is -2.27. The average molecular weight is 235 g/mol. The summed E-state index contributed by atoms with van der Waals surface area (Å²) in [6.45, 7) is 12.4. The molecule has 0 saturated heterocycles. The number of nitrogens with zero attached hydrogens (tertiary/aromatic N) is 1. The Kier molecular flexibility index (Phi) is 6.06. The fourth-order valence-corrected chi connectivity index (χ4v) is 2.12. The summed E-state index contributed by atoms with van der Waals surface area (Å²) >= 11 is 0. The summed E-state index contributed by atoms with van der Waals surface area (Å²) in [6.07, 6.45) is 1.18. The first kappa shape index (κ1) is 14.0. The molecule has 96 valence electrons. The number of fused-ring (bicyclic) bond motifs is 1. The monoisotopic (exact) mass is 235 g/mol. The standard InChI is InChI=1S/C13H19NO.C2H6/c1-3-14-8-7-11-5-6-13(15-4-2)9-12(11)10-14;1-2/h5-6,9H,3-4,7-8,10H2,1-2H3;1-2H3. The molecule has 0 amide bonds. The van der Waals surface area contributed by atoms with Gasteiger partial charge >= 0.3 is 0 Å². The van der Waals surface area contributed by atoms with Crippen LogP contribution in [-0.2, 0) is 13.0 Å². The van der Waals surface area contributed by atoms with E-state index in [0.29, 0.717) is 0 Å². The van der Waals surface area contributed by atoms with Gasteiger partial charge in [0.05, 0.1) is 6.61 Å². The molecule has 1 aromatic carbocycles. The van der Waals surface area contributed by atoms with Gasteiger partial charge in [0.1, 0.15) is 5.75 Å². The quantitative estimate of drug-likeness (QED) is 0.795. The molecular formula is C15H25NO. The van der Waals surface area contributed by atoms with Gasteiger partial charge in [-0.15, -0.1) is 0 Å². The second-order valence-corrected chi connectivity index (χ2v) is 3.98. The van der Waals surface area contributed by atoms with Gasteiger partial charge in [-0.25, -0.2) is 0 Å². The van der Waals surface area contributed by atoms with E-state index in [2.05, 4.69) is 30.0 Å². The SMILES string of the molecule is CC.CCOc1ccc2c(c1)CN(CC)CC2. The van der Waals surface area contributed by atoms with E-state index in [9.17, 15) is 0 Å². The van der Waals surface area contributed by atoms with Crippen LogP contribution in [-0.4, -0.2) is 24.6 Å². The predicted molar refractivity (Wildman–Crippen MR) is 73.6 cm³/mol. The highest BCUT2D eigenvalue weighted by molar-refractivity contribution is 5.37. The molecule has 0 unspecified atom stereocenters. The van der Waals surface area contributed by atoms with Crippen molar-refractivity contribution in [1.29, 1.82) is 0 Å². The van der Waals surface area contributed by atoms with Crippen molar-refractivity contribution in [1.82, 2.24) is 4.90 Å². The van der Waals surface area contributed by atoms with Crippen molar-refractivity contribution in [3.05, 3.63) is 29.3 Å². The Morgan fingerprint density at radius 3 is 2.59 bits per heavy atom. The zero-order valence-corrected chi connectivity index (χ0v) is 11.6. The van der Waals surface area contributed by atoms with Gasteiger partial charge in [0, 0.05) is 13.1 Å². The highest BCUT2D eigenvalue weighted by Gasteiger charge is 2.14. The Labute approximate surface area is 106 Å². The van der Waals surface area contributed by atoms with Crippen molar-refractivity contribution < 1.29 is 4.74 Å². The highest BCUT2D eigenvalue weighted by atomic mass is 16.5. The fourth-order valence-electron chi connectivity index (χ4n) is 2.12. The van der Waals surface area contributed by atoms with Crippen LogP contribution in [0.4, 0.5) is 0 Å². The fraction of sp³-hybridized carbons (Fsp3) is 0.600. The molecule has 0 spiro atoms. The molecule has 0 N–H and O–H groups in total. The van der Waals surface area contributed by atoms with Gasteiger partial charge in [-0.3, -0.25) is 4.90 Å². The van der Waals surface area contributed by atoms with Crippen LogP contribution < -0.4 is 4.74 Å². The van der Waals surface area contributed by atoms with Crippen LogP contribution in [0.1, 0.15) is 38.8 Å². The highest BCUT2D eigenvalue weighted by Crippen LogP contribution is 2.23. The van der Waals surface area contributed by atoms with E-state index in [0.717, 1.165) is 25.4 Å². The second kappa shape index (κ2) is 7.33. The number of likely N-dealkylation sites (N-methyl/N-ethyl adjacent to an activating group) is 1. The van der Waals surface area contributed by atoms with Crippen molar-refractivity contribution in [3.63, 3.8) is 0 Å². The molecule has 1 heterocycles. The second-order valence-electron chi connectivity index (χ2n) is 3.98. The molecule has 1 aliphatic rings. The molecule has 2 rings (SSSR count). The van der Waals surface area contributed by atoms with Crippen LogP contribution in [0.25, 0.3) is 0 Å². The van der Waals surface area contributed by atoms with Gasteiger partial charge in [-0.1, -0.05) is 26.8 Å². The van der Waals surface area contributed by atoms with E-state index in [4.69, 9.17) is 4.74 Å². The molecular weight excluding hydrogens is 210 g/mol. The molecule has 0 radical (unpaired) electrons. The summed E-state index contributed by atoms with van der Waals surface area (Å²) in [4.78, 5) is 2.47. The van der Waals surface area contributed by atoms with Gasteiger partial charge < -0.3 is 4.74 Å². The third kappa shape index (κ3) is 3.74. The molecule has 1 aliphatic heterocycles. The zero-order valence-electron chi connectivity index (χ0n) is 11.6. The van der Waals surface area contributed by atoms with E-state index in [1.807, 2.05) is 20.8 Å². The summed E-state index contributed by atoms with van der Waals surface area (Å²) in [7, 11) is 0. The normalized spacial score (nSPS) is 14.6. The molecule has 2 heteroatoms. The Morgan fingerprint density at radius 2 is 1.94 bits per heavy atom. The summed E-state index contributed by atoms with van der Waals surface area (Å²) < 4.78 is 5.52. The lowest BCUT2D eigenvalue weighted by molar-refractivity contribution is 0.266. The summed E-state index contributed by atoms with van der Waals surface area (Å²) in [5.41, 5.74) is 2.93. The van der Waals surface area contributed by atoms with Crippen molar-refractivity contribution >= 4 is 0 Å². The van der Waals surface area contributed by atoms with Crippen molar-refractivity contribution in [2.75, 3.05) is 19.7 Å². The van der Waals surface area contributed by atoms with E-state index in [1.165, 1.54) is 24.1 Å². The third-order valence-electron chi connectivity index (χ3n) is 3.03. The maximum Gasteiger partial charge on any atom is 0.119 e. The Hall–Kier alpha value is -1.02. The maximum atomic E-state index is 5.52. The number of rotatable bonds is 3. The van der Waals surface area contributed by atoms with Gasteiger partial charge in [0.25, 0.3) is 0 Å². The molecule has 0 fully saturated rings. The van der Waals surface area contributed by atoms with Crippen molar-refractivity contribution in [3.8, 4) is 5.75 Å². The van der Waals surface area contributed by atoms with Crippen LogP contribution in [0.5, 0.6) is 5.75 Å². The molecule has 0 aliphatic carbocycles. The van der Waals surface area contributed by atoms with E-state index in [1.54, 1.807) is 0 Å². The van der Waals surface area contributed by atoms with Crippen LogP contribution in [0.2, 0.25) is 0 Å². The molecule has 0 saturated carbocycles. The minimum atomic E-state index is 0.746. The first-order chi connectivity index (χ1) is 8.33. The van der Waals surface area contributed by atoms with E-state index >= 15 is 0 Å². The van der Waals surface area contributed by atoms with Gasteiger partial charge in [-0.2, -0.15) is 0 Å². The Morgan fingerprint density at radius 1 is 1.18 bits per heavy atom. The Bertz CT molecular complexity index is 336. The lowest BCUT2D eigenvalue weighted by atomic mass is 9.99. The number of ether oxygens (including phenoxy) is 1. The first-order valence-corrected chi connectivity index (χ1v) is 6.80. The Balaban J connectivity index is 0.000000686. The van der Waals surface area contributed by atoms with Gasteiger partial charge in [0.15, 0.2) is 0 Å². The molecule has 2 nitrogen and oxygen atoms in total. The van der Waals surface area contributed by atoms with Crippen molar-refractivity contribution in [2.24, 2.45) is 0 Å². The molecule has 0 aromatic heterocycles. The van der Waals surface area contributed by atoms with E-state index in [-0.39, 0.29) is 0 Å². The smallest absolute Gasteiger partial charge is 0.119 e. The number of hydrogen-bond acceptors (Lipinski definition) is 2.